The van der Waals surface area contributed by atoms with Crippen LogP contribution in [0.3, 0.4) is 0 Å². The minimum atomic E-state index is -0.442. The van der Waals surface area contributed by atoms with Crippen molar-refractivity contribution in [3.05, 3.63) is 51.7 Å². The second-order valence-corrected chi connectivity index (χ2v) is 9.80. The van der Waals surface area contributed by atoms with Crippen molar-refractivity contribution in [3.63, 3.8) is 0 Å². The summed E-state index contributed by atoms with van der Waals surface area (Å²) in [6, 6.07) is 7.83. The van der Waals surface area contributed by atoms with Crippen LogP contribution in [0.25, 0.3) is 0 Å². The van der Waals surface area contributed by atoms with E-state index in [9.17, 15) is 9.59 Å². The van der Waals surface area contributed by atoms with E-state index in [1.807, 2.05) is 63.5 Å². The molecular weight excluding hydrogens is 472 g/mol. The molecule has 1 amide bonds. The molecule has 8 nitrogen and oxygen atoms in total. The fraction of sp³-hybridized carbons (Fsp3) is 0.417. The van der Waals surface area contributed by atoms with Gasteiger partial charge in [-0.25, -0.2) is 4.79 Å². The number of amides is 1. The Morgan fingerprint density at radius 3 is 2.59 bits per heavy atom. The highest BCUT2D eigenvalue weighted by atomic mass is 32.2. The van der Waals surface area contributed by atoms with Crippen LogP contribution in [-0.2, 0) is 22.5 Å². The van der Waals surface area contributed by atoms with Crippen molar-refractivity contribution in [1.29, 1.82) is 0 Å². The van der Waals surface area contributed by atoms with Crippen LogP contribution in [0.2, 0.25) is 0 Å². The number of rotatable bonds is 10. The Bertz CT molecular complexity index is 1170. The second kappa shape index (κ2) is 11.5. The molecule has 1 N–H and O–H groups in total. The van der Waals surface area contributed by atoms with Crippen LogP contribution in [0, 0.1) is 13.8 Å². The van der Waals surface area contributed by atoms with Crippen LogP contribution >= 0.6 is 23.1 Å². The van der Waals surface area contributed by atoms with E-state index < -0.39 is 5.97 Å². The summed E-state index contributed by atoms with van der Waals surface area (Å²) in [5, 5.41) is 12.6. The predicted octanol–water partition coefficient (Wildman–Crippen LogP) is 5.20. The molecule has 0 bridgehead atoms. The first-order valence-electron chi connectivity index (χ1n) is 11.1. The van der Waals surface area contributed by atoms with Gasteiger partial charge in [0.15, 0.2) is 17.1 Å². The maximum Gasteiger partial charge on any atom is 0.341 e. The third-order valence-electron chi connectivity index (χ3n) is 5.36. The van der Waals surface area contributed by atoms with Crippen molar-refractivity contribution >= 4 is 40.0 Å². The van der Waals surface area contributed by atoms with Gasteiger partial charge in [-0.1, -0.05) is 36.9 Å². The minimum Gasteiger partial charge on any atom is -0.482 e. The Morgan fingerprint density at radius 1 is 1.21 bits per heavy atom. The van der Waals surface area contributed by atoms with Crippen LogP contribution in [0.4, 0.5) is 5.00 Å². The zero-order valence-corrected chi connectivity index (χ0v) is 21.9. The van der Waals surface area contributed by atoms with Crippen molar-refractivity contribution in [2.75, 3.05) is 18.2 Å². The number of esters is 1. The fourth-order valence-electron chi connectivity index (χ4n) is 3.64. The Labute approximate surface area is 208 Å². The molecule has 0 aliphatic carbocycles. The van der Waals surface area contributed by atoms with Crippen LogP contribution in [0.1, 0.15) is 59.1 Å². The van der Waals surface area contributed by atoms with Gasteiger partial charge >= 0.3 is 5.97 Å². The van der Waals surface area contributed by atoms with Crippen molar-refractivity contribution in [3.8, 4) is 5.75 Å². The molecule has 1 atom stereocenters. The lowest BCUT2D eigenvalue weighted by Crippen LogP contribution is -2.17. The van der Waals surface area contributed by atoms with E-state index >= 15 is 0 Å². The van der Waals surface area contributed by atoms with Crippen LogP contribution in [0.5, 0.6) is 5.75 Å². The zero-order valence-electron chi connectivity index (χ0n) is 20.3. The Morgan fingerprint density at radius 2 is 1.94 bits per heavy atom. The van der Waals surface area contributed by atoms with Crippen LogP contribution in [0.15, 0.2) is 29.4 Å². The Hall–Kier alpha value is -2.85. The third-order valence-corrected chi connectivity index (χ3v) is 7.39. The maximum absolute atomic E-state index is 12.7. The molecule has 0 saturated carbocycles. The highest BCUT2D eigenvalue weighted by Crippen LogP contribution is 2.34. The zero-order chi connectivity index (χ0) is 24.8. The first-order valence-corrected chi connectivity index (χ1v) is 12.9. The lowest BCUT2D eigenvalue weighted by atomic mass is 10.1. The first-order chi connectivity index (χ1) is 16.3. The van der Waals surface area contributed by atoms with Gasteiger partial charge in [0.25, 0.3) is 0 Å². The van der Waals surface area contributed by atoms with Crippen molar-refractivity contribution in [2.24, 2.45) is 0 Å². The van der Waals surface area contributed by atoms with E-state index in [0.29, 0.717) is 34.5 Å². The number of hydrogen-bond acceptors (Lipinski definition) is 8. The number of para-hydroxylation sites is 1. The topological polar surface area (TPSA) is 95.3 Å². The molecule has 0 radical (unpaired) electrons. The predicted molar refractivity (Wildman–Crippen MR) is 135 cm³/mol. The van der Waals surface area contributed by atoms with Gasteiger partial charge in [-0.2, -0.15) is 0 Å². The smallest absolute Gasteiger partial charge is 0.341 e. The molecule has 3 aromatic rings. The summed E-state index contributed by atoms with van der Waals surface area (Å²) < 4.78 is 13.0. The third kappa shape index (κ3) is 5.61. The average molecular weight is 503 g/mol. The largest absolute Gasteiger partial charge is 0.482 e. The number of nitrogens with one attached hydrogen (secondary N) is 1. The van der Waals surface area contributed by atoms with Gasteiger partial charge in [0, 0.05) is 11.4 Å². The molecule has 0 aliphatic heterocycles. The molecule has 0 fully saturated rings. The number of hydrogen-bond donors (Lipinski definition) is 1. The summed E-state index contributed by atoms with van der Waals surface area (Å²) in [5.41, 5.74) is 2.38. The molecule has 10 heteroatoms. The number of aromatic nitrogens is 3. The highest BCUT2D eigenvalue weighted by Gasteiger charge is 2.24. The number of thiophene rings is 1. The molecule has 182 valence electrons. The van der Waals surface area contributed by atoms with E-state index in [2.05, 4.69) is 15.5 Å². The van der Waals surface area contributed by atoms with Gasteiger partial charge in [0.1, 0.15) is 10.8 Å². The Kier molecular flexibility index (Phi) is 8.73. The number of ether oxygens (including phenoxy) is 2. The summed E-state index contributed by atoms with van der Waals surface area (Å²) in [5.74, 6) is 0.957. The van der Waals surface area contributed by atoms with E-state index in [1.54, 1.807) is 0 Å². The van der Waals surface area contributed by atoms with Crippen LogP contribution in [-0.4, -0.2) is 39.5 Å². The molecular formula is C24H30N4O4S2. The summed E-state index contributed by atoms with van der Waals surface area (Å²) in [7, 11) is 1.34. The van der Waals surface area contributed by atoms with Gasteiger partial charge in [-0.3, -0.25) is 4.79 Å². The molecule has 1 aromatic carbocycles. The van der Waals surface area contributed by atoms with E-state index in [4.69, 9.17) is 9.47 Å². The molecule has 0 aliphatic rings. The number of aryl methyl sites for hydroxylation is 2. The number of carbonyl (C=O) groups is 2. The summed E-state index contributed by atoms with van der Waals surface area (Å²) in [6.45, 7) is 10.5. The van der Waals surface area contributed by atoms with Gasteiger partial charge < -0.3 is 19.4 Å². The number of carbonyl (C=O) groups excluding carboxylic acids is 2. The average Bonchev–Trinajstić information content (AvgIpc) is 3.38. The fourth-order valence-corrected chi connectivity index (χ4v) is 5.60. The summed E-state index contributed by atoms with van der Waals surface area (Å²) in [6.07, 6.45) is 0.378. The van der Waals surface area contributed by atoms with Crippen molar-refractivity contribution in [2.45, 2.75) is 58.8 Å². The van der Waals surface area contributed by atoms with E-state index in [-0.39, 0.29) is 17.8 Å². The monoisotopic (exact) mass is 502 g/mol. The van der Waals surface area contributed by atoms with E-state index in [1.165, 1.54) is 30.2 Å². The Balaban J connectivity index is 1.70. The molecule has 1 unspecified atom stereocenters. The van der Waals surface area contributed by atoms with Gasteiger partial charge in [-0.05, 0) is 51.3 Å². The lowest BCUT2D eigenvalue weighted by Gasteiger charge is -2.17. The van der Waals surface area contributed by atoms with E-state index in [0.717, 1.165) is 21.8 Å². The number of nitrogens with zero attached hydrogens (tertiary/aromatic N) is 3. The SMILES string of the molecule is CCc1c(C)sc(NC(=O)CSc2nnc(C(C)Oc3ccccc3C)n2CC)c1C(=O)OC. The molecule has 3 rings (SSSR count). The highest BCUT2D eigenvalue weighted by molar-refractivity contribution is 7.99. The molecule has 2 heterocycles. The van der Waals surface area contributed by atoms with Gasteiger partial charge in [0.05, 0.1) is 18.4 Å². The number of thioether (sulfide) groups is 1. The summed E-state index contributed by atoms with van der Waals surface area (Å²) >= 11 is 2.68. The normalized spacial score (nSPS) is 11.8. The standard InChI is InChI=1S/C24H30N4O4S2/c1-7-17-16(5)34-22(20(17)23(30)31-6)25-19(29)13-33-24-27-26-21(28(24)8-2)15(4)32-18-12-10-9-11-14(18)3/h9-12,15H,7-8,13H2,1-6H3,(H,25,29). The number of benzene rings is 1. The minimum absolute atomic E-state index is 0.129. The van der Waals surface area contributed by atoms with Crippen molar-refractivity contribution < 1.29 is 19.1 Å². The quantitative estimate of drug-likeness (QED) is 0.301. The first kappa shape index (κ1) is 25.8. The van der Waals surface area contributed by atoms with Crippen LogP contribution < -0.4 is 10.1 Å². The van der Waals surface area contributed by atoms with Gasteiger partial charge in [0.2, 0.25) is 5.91 Å². The number of anilines is 1. The molecule has 34 heavy (non-hydrogen) atoms. The molecule has 0 spiro atoms. The second-order valence-electron chi connectivity index (χ2n) is 7.63. The van der Waals surface area contributed by atoms with Crippen molar-refractivity contribution in [1.82, 2.24) is 14.8 Å². The lowest BCUT2D eigenvalue weighted by molar-refractivity contribution is -0.113. The molecule has 2 aromatic heterocycles. The van der Waals surface area contributed by atoms with Gasteiger partial charge in [-0.15, -0.1) is 21.5 Å². The maximum atomic E-state index is 12.7. The summed E-state index contributed by atoms with van der Waals surface area (Å²) in [4.78, 5) is 26.0. The number of methoxy groups -OCH3 is 1. The molecule has 0 saturated heterocycles.